The van der Waals surface area contributed by atoms with Crippen LogP contribution in [0.5, 0.6) is 0 Å². The lowest BCUT2D eigenvalue weighted by Crippen LogP contribution is -2.40. The molecule has 114 valence electrons. The fraction of sp³-hybridized carbons (Fsp3) is 0.333. The first-order valence-corrected chi connectivity index (χ1v) is 7.54. The maximum atomic E-state index is 12.5. The second-order valence-corrected chi connectivity index (χ2v) is 5.74. The molecule has 1 aliphatic heterocycles. The monoisotopic (exact) mass is 296 g/mol. The Hall–Kier alpha value is -2.20. The lowest BCUT2D eigenvalue weighted by atomic mass is 10.0. The van der Waals surface area contributed by atoms with Crippen molar-refractivity contribution in [2.75, 3.05) is 26.3 Å². The van der Waals surface area contributed by atoms with Crippen LogP contribution in [0, 0.1) is 13.8 Å². The molecule has 0 N–H and O–H groups in total. The predicted molar refractivity (Wildman–Crippen MR) is 85.9 cm³/mol. The quantitative estimate of drug-likeness (QED) is 0.856. The molecule has 0 atom stereocenters. The highest BCUT2D eigenvalue weighted by Gasteiger charge is 2.19. The molecule has 1 fully saturated rings. The number of ether oxygens (including phenoxy) is 1. The number of aromatic nitrogens is 1. The first-order chi connectivity index (χ1) is 10.6. The normalized spacial score (nSPS) is 14.9. The van der Waals surface area contributed by atoms with E-state index in [4.69, 9.17) is 4.74 Å². The third-order valence-corrected chi connectivity index (χ3v) is 3.84. The second kappa shape index (κ2) is 6.28. The molecule has 0 aliphatic carbocycles. The zero-order valence-corrected chi connectivity index (χ0v) is 13.0. The van der Waals surface area contributed by atoms with Crippen LogP contribution in [0.3, 0.4) is 0 Å². The minimum absolute atomic E-state index is 0.0297. The molecule has 0 bridgehead atoms. The number of nitrogens with zero attached hydrogens (tertiary/aromatic N) is 2. The number of aryl methyl sites for hydroxylation is 2. The lowest BCUT2D eigenvalue weighted by molar-refractivity contribution is 0.0302. The fourth-order valence-corrected chi connectivity index (χ4v) is 2.81. The van der Waals surface area contributed by atoms with Crippen LogP contribution >= 0.6 is 0 Å². The number of benzene rings is 1. The maximum absolute atomic E-state index is 12.5. The van der Waals surface area contributed by atoms with Gasteiger partial charge in [0.05, 0.1) is 18.8 Å². The average Bonchev–Trinajstić information content (AvgIpc) is 2.54. The van der Waals surface area contributed by atoms with Crippen LogP contribution < -0.4 is 0 Å². The van der Waals surface area contributed by atoms with E-state index < -0.39 is 0 Å². The number of hydrogen-bond acceptors (Lipinski definition) is 3. The van der Waals surface area contributed by atoms with E-state index in [1.54, 1.807) is 6.20 Å². The molecule has 4 heteroatoms. The summed E-state index contributed by atoms with van der Waals surface area (Å²) in [5, 5.41) is 0. The second-order valence-electron chi connectivity index (χ2n) is 5.74. The van der Waals surface area contributed by atoms with Crippen LogP contribution in [0.15, 0.2) is 36.7 Å². The summed E-state index contributed by atoms with van der Waals surface area (Å²) in [4.78, 5) is 18.6. The Bertz CT molecular complexity index is 671. The molecule has 2 heterocycles. The molecular formula is C18H20N2O2. The van der Waals surface area contributed by atoms with E-state index in [1.807, 2.05) is 17.2 Å². The van der Waals surface area contributed by atoms with Crippen molar-refractivity contribution in [3.63, 3.8) is 0 Å². The van der Waals surface area contributed by atoms with Crippen LogP contribution in [0.25, 0.3) is 11.1 Å². The van der Waals surface area contributed by atoms with Crippen molar-refractivity contribution < 1.29 is 9.53 Å². The Balaban J connectivity index is 1.90. The zero-order chi connectivity index (χ0) is 15.5. The average molecular weight is 296 g/mol. The highest BCUT2D eigenvalue weighted by atomic mass is 16.5. The van der Waals surface area contributed by atoms with Crippen LogP contribution in [-0.2, 0) is 4.74 Å². The third kappa shape index (κ3) is 3.17. The Kier molecular flexibility index (Phi) is 4.20. The van der Waals surface area contributed by atoms with Crippen LogP contribution in [0.1, 0.15) is 21.5 Å². The Labute approximate surface area is 130 Å². The summed E-state index contributed by atoms with van der Waals surface area (Å²) in [7, 11) is 0. The first-order valence-electron chi connectivity index (χ1n) is 7.54. The Morgan fingerprint density at radius 3 is 2.36 bits per heavy atom. The van der Waals surface area contributed by atoms with E-state index in [9.17, 15) is 4.79 Å². The predicted octanol–water partition coefficient (Wildman–Crippen LogP) is 2.84. The number of carbonyl (C=O) groups excluding carboxylic acids is 1. The van der Waals surface area contributed by atoms with Crippen LogP contribution in [0.4, 0.5) is 0 Å². The number of amides is 1. The Morgan fingerprint density at radius 1 is 1.00 bits per heavy atom. The molecule has 4 nitrogen and oxygen atoms in total. The van der Waals surface area contributed by atoms with Crippen molar-refractivity contribution in [3.05, 3.63) is 53.3 Å². The van der Waals surface area contributed by atoms with Gasteiger partial charge in [0, 0.05) is 31.0 Å². The SMILES string of the molecule is Cc1cc(C)cc(-c2cncc(C(=O)N3CCOCC3)c2)c1. The summed E-state index contributed by atoms with van der Waals surface area (Å²) in [6, 6.07) is 8.30. The van der Waals surface area contributed by atoms with Crippen molar-refractivity contribution in [3.8, 4) is 11.1 Å². The van der Waals surface area contributed by atoms with Gasteiger partial charge in [0.2, 0.25) is 0 Å². The van der Waals surface area contributed by atoms with Gasteiger partial charge < -0.3 is 9.64 Å². The van der Waals surface area contributed by atoms with Gasteiger partial charge in [-0.1, -0.05) is 29.3 Å². The van der Waals surface area contributed by atoms with E-state index in [0.717, 1.165) is 11.1 Å². The van der Waals surface area contributed by atoms with Crippen molar-refractivity contribution in [2.45, 2.75) is 13.8 Å². The van der Waals surface area contributed by atoms with Gasteiger partial charge in [0.1, 0.15) is 0 Å². The summed E-state index contributed by atoms with van der Waals surface area (Å²) in [5.41, 5.74) is 5.13. The molecule has 2 aromatic rings. The van der Waals surface area contributed by atoms with Gasteiger partial charge in [0.25, 0.3) is 5.91 Å². The molecule has 0 saturated carbocycles. The van der Waals surface area contributed by atoms with Gasteiger partial charge >= 0.3 is 0 Å². The molecule has 1 aromatic heterocycles. The molecule has 0 unspecified atom stereocenters. The topological polar surface area (TPSA) is 42.4 Å². The van der Waals surface area contributed by atoms with Gasteiger partial charge in [0.15, 0.2) is 0 Å². The van der Waals surface area contributed by atoms with Gasteiger partial charge in [-0.15, -0.1) is 0 Å². The molecule has 1 saturated heterocycles. The maximum Gasteiger partial charge on any atom is 0.255 e. The summed E-state index contributed by atoms with van der Waals surface area (Å²) in [6.45, 7) is 6.66. The van der Waals surface area contributed by atoms with Crippen LogP contribution in [0.2, 0.25) is 0 Å². The van der Waals surface area contributed by atoms with Crippen molar-refractivity contribution in [2.24, 2.45) is 0 Å². The summed E-state index contributed by atoms with van der Waals surface area (Å²) in [6.07, 6.45) is 3.45. The molecule has 0 radical (unpaired) electrons. The smallest absolute Gasteiger partial charge is 0.255 e. The van der Waals surface area contributed by atoms with E-state index in [2.05, 4.69) is 37.0 Å². The largest absolute Gasteiger partial charge is 0.378 e. The Morgan fingerprint density at radius 2 is 1.68 bits per heavy atom. The third-order valence-electron chi connectivity index (χ3n) is 3.84. The highest BCUT2D eigenvalue weighted by Crippen LogP contribution is 2.23. The minimum Gasteiger partial charge on any atom is -0.378 e. The summed E-state index contributed by atoms with van der Waals surface area (Å²) in [5.74, 6) is 0.0297. The fourth-order valence-electron chi connectivity index (χ4n) is 2.81. The lowest BCUT2D eigenvalue weighted by Gasteiger charge is -2.26. The molecule has 1 aliphatic rings. The van der Waals surface area contributed by atoms with E-state index in [-0.39, 0.29) is 5.91 Å². The van der Waals surface area contributed by atoms with Gasteiger partial charge in [-0.25, -0.2) is 0 Å². The van der Waals surface area contributed by atoms with Crippen molar-refractivity contribution >= 4 is 5.91 Å². The van der Waals surface area contributed by atoms with Crippen molar-refractivity contribution in [1.82, 2.24) is 9.88 Å². The van der Waals surface area contributed by atoms with Gasteiger partial charge in [-0.2, -0.15) is 0 Å². The molecule has 3 rings (SSSR count). The van der Waals surface area contributed by atoms with Gasteiger partial charge in [-0.3, -0.25) is 9.78 Å². The number of rotatable bonds is 2. The number of pyridine rings is 1. The first kappa shape index (κ1) is 14.7. The molecule has 1 aromatic carbocycles. The van der Waals surface area contributed by atoms with Crippen LogP contribution in [-0.4, -0.2) is 42.1 Å². The van der Waals surface area contributed by atoms with E-state index in [1.165, 1.54) is 11.1 Å². The highest BCUT2D eigenvalue weighted by molar-refractivity contribution is 5.95. The number of carbonyl (C=O) groups is 1. The van der Waals surface area contributed by atoms with E-state index in [0.29, 0.717) is 31.9 Å². The number of morpholine rings is 1. The van der Waals surface area contributed by atoms with Gasteiger partial charge in [-0.05, 0) is 25.5 Å². The van der Waals surface area contributed by atoms with Crippen molar-refractivity contribution in [1.29, 1.82) is 0 Å². The summed E-state index contributed by atoms with van der Waals surface area (Å²) < 4.78 is 5.30. The minimum atomic E-state index is 0.0297. The molecule has 1 amide bonds. The molecular weight excluding hydrogens is 276 g/mol. The zero-order valence-electron chi connectivity index (χ0n) is 13.0. The number of hydrogen-bond donors (Lipinski definition) is 0. The standard InChI is InChI=1S/C18H20N2O2/c1-13-7-14(2)9-15(8-13)16-10-17(12-19-11-16)18(21)20-3-5-22-6-4-20/h7-12H,3-6H2,1-2H3. The molecule has 22 heavy (non-hydrogen) atoms. The van der Waals surface area contributed by atoms with E-state index >= 15 is 0 Å². The summed E-state index contributed by atoms with van der Waals surface area (Å²) >= 11 is 0. The molecule has 0 spiro atoms.